The third-order valence-corrected chi connectivity index (χ3v) is 3.98. The van der Waals surface area contributed by atoms with Gasteiger partial charge in [0, 0.05) is 19.4 Å². The van der Waals surface area contributed by atoms with Crippen molar-refractivity contribution in [3.63, 3.8) is 0 Å². The normalized spacial score (nSPS) is 11.3. The van der Waals surface area contributed by atoms with Gasteiger partial charge in [0.05, 0.1) is 0 Å². The minimum atomic E-state index is -1.08. The molecule has 0 aliphatic rings. The van der Waals surface area contributed by atoms with Crippen LogP contribution in [0.5, 0.6) is 0 Å². The van der Waals surface area contributed by atoms with Crippen molar-refractivity contribution in [1.82, 2.24) is 10.6 Å². The molecule has 0 bridgehead atoms. The molecule has 0 fully saturated rings. The van der Waals surface area contributed by atoms with Crippen molar-refractivity contribution < 1.29 is 24.2 Å². The van der Waals surface area contributed by atoms with E-state index < -0.39 is 18.1 Å². The summed E-state index contributed by atoms with van der Waals surface area (Å²) in [6.45, 7) is 0.435. The molecule has 28 heavy (non-hydrogen) atoms. The molecule has 2 aromatic carbocycles. The second-order valence-corrected chi connectivity index (χ2v) is 6.24. The van der Waals surface area contributed by atoms with Crippen LogP contribution in [0.4, 0.5) is 4.79 Å². The summed E-state index contributed by atoms with van der Waals surface area (Å²) in [5.74, 6) is -1.46. The number of hydrogen-bond donors (Lipinski definition) is 3. The lowest BCUT2D eigenvalue weighted by Gasteiger charge is -2.14. The van der Waals surface area contributed by atoms with Gasteiger partial charge in [-0.15, -0.1) is 0 Å². The van der Waals surface area contributed by atoms with Crippen LogP contribution in [0.15, 0.2) is 60.7 Å². The quantitative estimate of drug-likeness (QED) is 0.546. The molecule has 7 heteroatoms. The van der Waals surface area contributed by atoms with Gasteiger partial charge in [0.25, 0.3) is 0 Å². The number of aliphatic carboxylic acids is 1. The summed E-state index contributed by atoms with van der Waals surface area (Å²) in [5, 5.41) is 14.4. The maximum atomic E-state index is 12.0. The average Bonchev–Trinajstić information content (AvgIpc) is 2.70. The lowest BCUT2D eigenvalue weighted by atomic mass is 10.1. The minimum Gasteiger partial charge on any atom is -0.480 e. The highest BCUT2D eigenvalue weighted by Gasteiger charge is 2.20. The van der Waals surface area contributed by atoms with Gasteiger partial charge in [-0.25, -0.2) is 9.59 Å². The van der Waals surface area contributed by atoms with Gasteiger partial charge < -0.3 is 20.5 Å². The molecule has 1 atom stereocenters. The highest BCUT2D eigenvalue weighted by molar-refractivity contribution is 5.83. The fourth-order valence-corrected chi connectivity index (χ4v) is 2.53. The van der Waals surface area contributed by atoms with Crippen LogP contribution in [0.25, 0.3) is 0 Å². The van der Waals surface area contributed by atoms with E-state index in [2.05, 4.69) is 10.6 Å². The summed E-state index contributed by atoms with van der Waals surface area (Å²) < 4.78 is 5.07. The summed E-state index contributed by atoms with van der Waals surface area (Å²) in [5.41, 5.74) is 1.72. The molecular formula is C21H24N2O5. The first-order valence-corrected chi connectivity index (χ1v) is 9.05. The smallest absolute Gasteiger partial charge is 0.407 e. The molecule has 0 saturated carbocycles. The molecule has 0 saturated heterocycles. The number of carboxylic acid groups (broad SMARTS) is 1. The zero-order chi connectivity index (χ0) is 20.2. The summed E-state index contributed by atoms with van der Waals surface area (Å²) in [6.07, 6.45) is 0.143. The van der Waals surface area contributed by atoms with E-state index in [1.165, 1.54) is 0 Å². The molecule has 2 amide bonds. The van der Waals surface area contributed by atoms with Crippen molar-refractivity contribution in [1.29, 1.82) is 0 Å². The van der Waals surface area contributed by atoms with E-state index in [1.54, 1.807) is 0 Å². The molecule has 148 valence electrons. The maximum Gasteiger partial charge on any atom is 0.407 e. The average molecular weight is 384 g/mol. The number of ether oxygens (including phenoxy) is 1. The van der Waals surface area contributed by atoms with Gasteiger partial charge in [0.15, 0.2) is 0 Å². The highest BCUT2D eigenvalue weighted by Crippen LogP contribution is 2.04. The van der Waals surface area contributed by atoms with E-state index >= 15 is 0 Å². The van der Waals surface area contributed by atoms with Crippen LogP contribution in [-0.4, -0.2) is 35.7 Å². The fourth-order valence-electron chi connectivity index (χ4n) is 2.53. The fraction of sp³-hybridized carbons (Fsp3) is 0.286. The van der Waals surface area contributed by atoms with Crippen molar-refractivity contribution in [2.24, 2.45) is 0 Å². The van der Waals surface area contributed by atoms with Crippen molar-refractivity contribution in [3.05, 3.63) is 71.8 Å². The predicted molar refractivity (Wildman–Crippen MR) is 104 cm³/mol. The van der Waals surface area contributed by atoms with Crippen LogP contribution in [-0.2, 0) is 27.4 Å². The molecule has 0 radical (unpaired) electrons. The second-order valence-electron chi connectivity index (χ2n) is 6.24. The third kappa shape index (κ3) is 7.90. The van der Waals surface area contributed by atoms with Gasteiger partial charge in [0.1, 0.15) is 12.6 Å². The Kier molecular flexibility index (Phi) is 8.52. The van der Waals surface area contributed by atoms with Crippen LogP contribution in [0, 0.1) is 0 Å². The zero-order valence-electron chi connectivity index (χ0n) is 15.5. The summed E-state index contributed by atoms with van der Waals surface area (Å²) in [6, 6.07) is 17.4. The van der Waals surface area contributed by atoms with Gasteiger partial charge in [-0.3, -0.25) is 4.79 Å². The number of alkyl carbamates (subject to hydrolysis) is 1. The molecule has 0 aromatic heterocycles. The second kappa shape index (κ2) is 11.4. The molecular weight excluding hydrogens is 360 g/mol. The van der Waals surface area contributed by atoms with Crippen LogP contribution in [0.1, 0.15) is 24.0 Å². The molecule has 0 aliphatic carbocycles. The van der Waals surface area contributed by atoms with Crippen LogP contribution >= 0.6 is 0 Å². The summed E-state index contributed by atoms with van der Waals surface area (Å²) in [7, 11) is 0. The van der Waals surface area contributed by atoms with E-state index in [4.69, 9.17) is 4.74 Å². The largest absolute Gasteiger partial charge is 0.480 e. The molecule has 0 heterocycles. The van der Waals surface area contributed by atoms with E-state index in [9.17, 15) is 19.5 Å². The summed E-state index contributed by atoms with van der Waals surface area (Å²) in [4.78, 5) is 35.0. The van der Waals surface area contributed by atoms with Crippen molar-refractivity contribution in [2.45, 2.75) is 31.9 Å². The Hall–Kier alpha value is -3.35. The number of carbonyl (C=O) groups excluding carboxylic acids is 2. The van der Waals surface area contributed by atoms with Crippen molar-refractivity contribution in [2.75, 3.05) is 6.54 Å². The Morgan fingerprint density at radius 2 is 1.54 bits per heavy atom. The lowest BCUT2D eigenvalue weighted by molar-refractivity contribution is -0.141. The number of carbonyl (C=O) groups is 3. The van der Waals surface area contributed by atoms with Crippen molar-refractivity contribution in [3.8, 4) is 0 Å². The molecule has 2 aromatic rings. The number of rotatable bonds is 10. The number of benzene rings is 2. The summed E-state index contributed by atoms with van der Waals surface area (Å²) >= 11 is 0. The first-order valence-electron chi connectivity index (χ1n) is 9.05. The number of carboxylic acids is 1. The SMILES string of the molecule is O=C(CCCNC(=O)OCc1ccccc1)N[C@@H](Cc1ccccc1)C(=O)O. The van der Waals surface area contributed by atoms with Crippen LogP contribution in [0.3, 0.4) is 0 Å². The minimum absolute atomic E-state index is 0.109. The van der Waals surface area contributed by atoms with Crippen molar-refractivity contribution >= 4 is 18.0 Å². The molecule has 2 rings (SSSR count). The van der Waals surface area contributed by atoms with E-state index in [1.807, 2.05) is 60.7 Å². The number of hydrogen-bond acceptors (Lipinski definition) is 4. The number of amides is 2. The van der Waals surface area contributed by atoms with Gasteiger partial charge >= 0.3 is 12.1 Å². The standard InChI is InChI=1S/C21H24N2O5/c24-19(23-18(20(25)26)14-16-8-3-1-4-9-16)12-7-13-22-21(27)28-15-17-10-5-2-6-11-17/h1-6,8-11,18H,7,12-15H2,(H,22,27)(H,23,24)(H,25,26)/t18-/m0/s1. The first-order chi connectivity index (χ1) is 13.5. The van der Waals surface area contributed by atoms with E-state index in [0.717, 1.165) is 11.1 Å². The molecule has 0 unspecified atom stereocenters. The van der Waals surface area contributed by atoms with E-state index in [0.29, 0.717) is 6.42 Å². The Morgan fingerprint density at radius 1 is 0.929 bits per heavy atom. The van der Waals surface area contributed by atoms with Crippen LogP contribution in [0.2, 0.25) is 0 Å². The Morgan fingerprint density at radius 3 is 2.14 bits per heavy atom. The maximum absolute atomic E-state index is 12.0. The van der Waals surface area contributed by atoms with Gasteiger partial charge in [0.2, 0.25) is 5.91 Å². The molecule has 3 N–H and O–H groups in total. The zero-order valence-corrected chi connectivity index (χ0v) is 15.5. The third-order valence-electron chi connectivity index (χ3n) is 3.98. The molecule has 0 spiro atoms. The Balaban J connectivity index is 1.64. The Bertz CT molecular complexity index is 765. The monoisotopic (exact) mass is 384 g/mol. The van der Waals surface area contributed by atoms with Gasteiger partial charge in [-0.2, -0.15) is 0 Å². The van der Waals surface area contributed by atoms with Gasteiger partial charge in [-0.05, 0) is 17.5 Å². The van der Waals surface area contributed by atoms with Crippen LogP contribution < -0.4 is 10.6 Å². The predicted octanol–water partition coefficient (Wildman–Crippen LogP) is 2.51. The Labute approximate surface area is 163 Å². The van der Waals surface area contributed by atoms with Gasteiger partial charge in [-0.1, -0.05) is 60.7 Å². The number of nitrogens with one attached hydrogen (secondary N) is 2. The highest BCUT2D eigenvalue weighted by atomic mass is 16.5. The van der Waals surface area contributed by atoms with E-state index in [-0.39, 0.29) is 31.9 Å². The first kappa shape index (κ1) is 21.0. The topological polar surface area (TPSA) is 105 Å². The lowest BCUT2D eigenvalue weighted by Crippen LogP contribution is -2.42. The molecule has 0 aliphatic heterocycles. The molecule has 7 nitrogen and oxygen atoms in total.